The van der Waals surface area contributed by atoms with Gasteiger partial charge in [-0.05, 0) is 6.07 Å². The Morgan fingerprint density at radius 1 is 1.60 bits per heavy atom. The van der Waals surface area contributed by atoms with Gasteiger partial charge in [0, 0.05) is 36.3 Å². The van der Waals surface area contributed by atoms with E-state index in [1.807, 2.05) is 19.3 Å². The van der Waals surface area contributed by atoms with Crippen LogP contribution in [0.1, 0.15) is 5.56 Å². The molecule has 0 aliphatic heterocycles. The summed E-state index contributed by atoms with van der Waals surface area (Å²) in [5.74, 6) is 0.517. The Morgan fingerprint density at radius 2 is 2.33 bits per heavy atom. The molecule has 0 spiro atoms. The minimum absolute atomic E-state index is 0.439. The van der Waals surface area contributed by atoms with Crippen molar-refractivity contribution in [1.82, 2.24) is 14.8 Å². The summed E-state index contributed by atoms with van der Waals surface area (Å²) in [6.45, 7) is 3.69. The average Bonchev–Trinajstić information content (AvgIpc) is 2.71. The van der Waals surface area contributed by atoms with E-state index < -0.39 is 0 Å². The van der Waals surface area contributed by atoms with Gasteiger partial charge in [-0.3, -0.25) is 4.68 Å². The van der Waals surface area contributed by atoms with Gasteiger partial charge in [0.25, 0.3) is 0 Å². The van der Waals surface area contributed by atoms with Crippen LogP contribution in [0.3, 0.4) is 0 Å². The Hall–Kier alpha value is -2.17. The third-order valence-electron chi connectivity index (χ3n) is 2.22. The molecule has 0 fully saturated rings. The lowest BCUT2D eigenvalue weighted by atomic mass is 10.1. The maximum atomic E-state index is 5.76. The summed E-state index contributed by atoms with van der Waals surface area (Å²) in [5.41, 5.74) is 14.3. The molecule has 2 heterocycles. The molecule has 0 aliphatic carbocycles. The summed E-state index contributed by atoms with van der Waals surface area (Å²) >= 11 is 0. The second kappa shape index (κ2) is 3.20. The summed E-state index contributed by atoms with van der Waals surface area (Å²) < 4.78 is 1.72. The summed E-state index contributed by atoms with van der Waals surface area (Å²) in [6.07, 6.45) is 3.65. The molecule has 0 aliphatic rings. The molecule has 0 saturated heterocycles. The number of H-pyrrole nitrogens is 1. The van der Waals surface area contributed by atoms with Gasteiger partial charge in [0.2, 0.25) is 0 Å². The van der Waals surface area contributed by atoms with E-state index in [9.17, 15) is 0 Å². The first-order valence-electron chi connectivity index (χ1n) is 4.51. The molecule has 2 rings (SSSR count). The highest BCUT2D eigenvalue weighted by molar-refractivity contribution is 5.83. The van der Waals surface area contributed by atoms with Gasteiger partial charge in [-0.2, -0.15) is 5.10 Å². The van der Waals surface area contributed by atoms with Crippen molar-refractivity contribution >= 4 is 11.5 Å². The Balaban J connectivity index is 2.58. The minimum atomic E-state index is 0.439. The molecule has 2 aromatic rings. The van der Waals surface area contributed by atoms with Crippen LogP contribution in [0.4, 0.5) is 5.82 Å². The van der Waals surface area contributed by atoms with E-state index in [1.165, 1.54) is 0 Å². The molecule has 5 N–H and O–H groups in total. The molecular weight excluding hydrogens is 190 g/mol. The van der Waals surface area contributed by atoms with Crippen LogP contribution in [0.25, 0.3) is 17.0 Å². The Labute approximate surface area is 87.4 Å². The molecule has 0 unspecified atom stereocenters. The van der Waals surface area contributed by atoms with Crippen LogP contribution in [-0.4, -0.2) is 14.8 Å². The first-order valence-corrected chi connectivity index (χ1v) is 4.51. The molecule has 0 atom stereocenters. The lowest BCUT2D eigenvalue weighted by Crippen LogP contribution is -1.99. The van der Waals surface area contributed by atoms with Crippen LogP contribution in [-0.2, 0) is 7.05 Å². The van der Waals surface area contributed by atoms with Crippen molar-refractivity contribution in [3.63, 3.8) is 0 Å². The number of nitrogens with two attached hydrogens (primary N) is 2. The zero-order chi connectivity index (χ0) is 11.0. The molecule has 2 aromatic heterocycles. The molecule has 0 amide bonds. The maximum absolute atomic E-state index is 5.76. The molecular formula is C10H13N5. The predicted molar refractivity (Wildman–Crippen MR) is 60.6 cm³/mol. The number of aromatic amines is 1. The van der Waals surface area contributed by atoms with Gasteiger partial charge in [-0.15, -0.1) is 0 Å². The van der Waals surface area contributed by atoms with Crippen molar-refractivity contribution in [1.29, 1.82) is 0 Å². The summed E-state index contributed by atoms with van der Waals surface area (Å²) in [4.78, 5) is 2.91. The Morgan fingerprint density at radius 3 is 2.87 bits per heavy atom. The van der Waals surface area contributed by atoms with E-state index in [1.54, 1.807) is 10.9 Å². The zero-order valence-electron chi connectivity index (χ0n) is 8.49. The normalized spacial score (nSPS) is 10.5. The van der Waals surface area contributed by atoms with Crippen molar-refractivity contribution < 1.29 is 0 Å². The van der Waals surface area contributed by atoms with E-state index in [4.69, 9.17) is 11.5 Å². The number of rotatable bonds is 2. The van der Waals surface area contributed by atoms with Crippen molar-refractivity contribution in [3.05, 3.63) is 30.6 Å². The van der Waals surface area contributed by atoms with Crippen LogP contribution in [0, 0.1) is 0 Å². The van der Waals surface area contributed by atoms with E-state index in [0.29, 0.717) is 11.5 Å². The predicted octanol–water partition coefficient (Wildman–Crippen LogP) is 0.927. The van der Waals surface area contributed by atoms with Crippen LogP contribution in [0.2, 0.25) is 0 Å². The molecule has 5 heteroatoms. The monoisotopic (exact) mass is 203 g/mol. The third kappa shape index (κ3) is 1.48. The SMILES string of the molecule is C=C(N)c1c(-c2ccn(C)n2)c[nH]c1N. The van der Waals surface area contributed by atoms with Crippen LogP contribution < -0.4 is 11.5 Å². The largest absolute Gasteiger partial charge is 0.399 e. The first-order chi connectivity index (χ1) is 7.09. The van der Waals surface area contributed by atoms with Crippen LogP contribution >= 0.6 is 0 Å². The quantitative estimate of drug-likeness (QED) is 0.678. The molecule has 15 heavy (non-hydrogen) atoms. The number of aromatic nitrogens is 3. The number of nitrogen functional groups attached to an aromatic ring is 1. The molecule has 5 nitrogen and oxygen atoms in total. The second-order valence-electron chi connectivity index (χ2n) is 3.39. The van der Waals surface area contributed by atoms with Gasteiger partial charge in [-0.25, -0.2) is 0 Å². The summed E-state index contributed by atoms with van der Waals surface area (Å²) in [7, 11) is 1.86. The lowest BCUT2D eigenvalue weighted by molar-refractivity contribution is 0.771. The van der Waals surface area contributed by atoms with Gasteiger partial charge in [0.1, 0.15) is 5.82 Å². The van der Waals surface area contributed by atoms with Gasteiger partial charge >= 0.3 is 0 Å². The summed E-state index contributed by atoms with van der Waals surface area (Å²) in [6, 6.07) is 1.90. The lowest BCUT2D eigenvalue weighted by Gasteiger charge is -2.01. The Bertz CT molecular complexity index is 506. The van der Waals surface area contributed by atoms with E-state index in [-0.39, 0.29) is 0 Å². The molecule has 0 radical (unpaired) electrons. The van der Waals surface area contributed by atoms with Gasteiger partial charge in [0.05, 0.1) is 5.69 Å². The summed E-state index contributed by atoms with van der Waals surface area (Å²) in [5, 5.41) is 4.28. The van der Waals surface area contributed by atoms with Crippen molar-refractivity contribution in [2.75, 3.05) is 5.73 Å². The second-order valence-corrected chi connectivity index (χ2v) is 3.39. The fraction of sp³-hybridized carbons (Fsp3) is 0.100. The number of hydrogen-bond acceptors (Lipinski definition) is 3. The number of nitrogens with zero attached hydrogens (tertiary/aromatic N) is 2. The van der Waals surface area contributed by atoms with Crippen molar-refractivity contribution in [2.45, 2.75) is 0 Å². The Kier molecular flexibility index (Phi) is 2.00. The van der Waals surface area contributed by atoms with Crippen LogP contribution in [0.15, 0.2) is 25.0 Å². The van der Waals surface area contributed by atoms with Crippen molar-refractivity contribution in [3.8, 4) is 11.3 Å². The highest BCUT2D eigenvalue weighted by atomic mass is 15.2. The molecule has 0 bridgehead atoms. The third-order valence-corrected chi connectivity index (χ3v) is 2.22. The highest BCUT2D eigenvalue weighted by Crippen LogP contribution is 2.29. The highest BCUT2D eigenvalue weighted by Gasteiger charge is 2.13. The van der Waals surface area contributed by atoms with Gasteiger partial charge in [-0.1, -0.05) is 6.58 Å². The molecule has 78 valence electrons. The van der Waals surface area contributed by atoms with Crippen LogP contribution in [0.5, 0.6) is 0 Å². The van der Waals surface area contributed by atoms with E-state index in [2.05, 4.69) is 16.7 Å². The first kappa shape index (κ1) is 9.39. The van der Waals surface area contributed by atoms with Gasteiger partial charge in [0.15, 0.2) is 0 Å². The smallest absolute Gasteiger partial charge is 0.110 e. The number of hydrogen-bond donors (Lipinski definition) is 3. The topological polar surface area (TPSA) is 85.7 Å². The van der Waals surface area contributed by atoms with Crippen molar-refractivity contribution in [2.24, 2.45) is 12.8 Å². The maximum Gasteiger partial charge on any atom is 0.110 e. The molecule has 0 saturated carbocycles. The van der Waals surface area contributed by atoms with E-state index in [0.717, 1.165) is 16.8 Å². The standard InChI is InChI=1S/C10H13N5/c1-6(11)9-7(5-13-10(9)12)8-3-4-15(2)14-8/h3-5,13H,1,11-12H2,2H3. The zero-order valence-corrected chi connectivity index (χ0v) is 8.49. The van der Waals surface area contributed by atoms with E-state index >= 15 is 0 Å². The van der Waals surface area contributed by atoms with Gasteiger partial charge < -0.3 is 16.5 Å². The fourth-order valence-corrected chi connectivity index (χ4v) is 1.55. The fourth-order valence-electron chi connectivity index (χ4n) is 1.55. The number of anilines is 1. The number of nitrogens with one attached hydrogen (secondary N) is 1. The minimum Gasteiger partial charge on any atom is -0.399 e. The average molecular weight is 203 g/mol. The molecule has 0 aromatic carbocycles. The number of aryl methyl sites for hydroxylation is 1.